The van der Waals surface area contributed by atoms with Crippen LogP contribution in [-0.2, 0) is 11.3 Å². The number of nitrogens with zero attached hydrogens (tertiary/aromatic N) is 1. The van der Waals surface area contributed by atoms with Gasteiger partial charge in [0.1, 0.15) is 17.2 Å². The van der Waals surface area contributed by atoms with Gasteiger partial charge in [0.2, 0.25) is 0 Å². The number of halogens is 2. The fraction of sp³-hybridized carbons (Fsp3) is 0.185. The Labute approximate surface area is 221 Å². The van der Waals surface area contributed by atoms with Crippen LogP contribution in [0, 0.1) is 0 Å². The first-order valence-corrected chi connectivity index (χ1v) is 13.0. The Balaban J connectivity index is 1.64. The van der Waals surface area contributed by atoms with Crippen LogP contribution in [0.5, 0.6) is 11.5 Å². The minimum atomic E-state index is -0.377. The van der Waals surface area contributed by atoms with Crippen molar-refractivity contribution in [1.29, 1.82) is 0 Å². The quantitative estimate of drug-likeness (QED) is 0.150. The van der Waals surface area contributed by atoms with Crippen LogP contribution in [0.25, 0.3) is 10.1 Å². The van der Waals surface area contributed by atoms with Crippen molar-refractivity contribution in [1.82, 2.24) is 0 Å². The van der Waals surface area contributed by atoms with Crippen LogP contribution in [0.1, 0.15) is 35.3 Å². The van der Waals surface area contributed by atoms with Crippen LogP contribution < -0.4 is 9.47 Å². The highest BCUT2D eigenvalue weighted by Crippen LogP contribution is 2.40. The fourth-order valence-electron chi connectivity index (χ4n) is 3.50. The summed E-state index contributed by atoms with van der Waals surface area (Å²) >= 11 is 11.1. The third-order valence-corrected chi connectivity index (χ3v) is 6.89. The molecule has 180 valence electrons. The van der Waals surface area contributed by atoms with E-state index in [1.165, 1.54) is 11.3 Å². The summed E-state index contributed by atoms with van der Waals surface area (Å²) in [6.45, 7) is 4.82. The summed E-state index contributed by atoms with van der Waals surface area (Å²) in [5.41, 5.74) is 2.23. The van der Waals surface area contributed by atoms with E-state index in [4.69, 9.17) is 25.8 Å². The number of fused-ring (bicyclic) bond motifs is 1. The lowest BCUT2D eigenvalue weighted by molar-refractivity contribution is 0.0530. The van der Waals surface area contributed by atoms with E-state index >= 15 is 0 Å². The van der Waals surface area contributed by atoms with Gasteiger partial charge in [-0.1, -0.05) is 41.9 Å². The summed E-state index contributed by atoms with van der Waals surface area (Å²) in [7, 11) is 0. The molecule has 8 heteroatoms. The lowest BCUT2D eigenvalue weighted by Crippen LogP contribution is -2.04. The van der Waals surface area contributed by atoms with Gasteiger partial charge in [-0.25, -0.2) is 9.79 Å². The van der Waals surface area contributed by atoms with Crippen LogP contribution in [0.2, 0.25) is 5.02 Å². The Bertz CT molecular complexity index is 1390. The van der Waals surface area contributed by atoms with Crippen molar-refractivity contribution >= 4 is 66.1 Å². The highest BCUT2D eigenvalue weighted by Gasteiger charge is 2.20. The maximum atomic E-state index is 12.7. The number of rotatable bonds is 9. The van der Waals surface area contributed by atoms with Crippen LogP contribution in [0.3, 0.4) is 0 Å². The molecule has 0 unspecified atom stereocenters. The van der Waals surface area contributed by atoms with Crippen molar-refractivity contribution in [3.05, 3.63) is 86.8 Å². The molecule has 4 rings (SSSR count). The normalized spacial score (nSPS) is 11.2. The Morgan fingerprint density at radius 1 is 1.06 bits per heavy atom. The summed E-state index contributed by atoms with van der Waals surface area (Å²) in [6.07, 6.45) is 1.71. The molecule has 0 atom stereocenters. The molecular formula is C27H23BrClNO4S. The Hall–Kier alpha value is -2.87. The van der Waals surface area contributed by atoms with Gasteiger partial charge in [-0.15, -0.1) is 11.3 Å². The molecule has 1 aromatic heterocycles. The van der Waals surface area contributed by atoms with Gasteiger partial charge in [-0.05, 0) is 71.2 Å². The highest BCUT2D eigenvalue weighted by molar-refractivity contribution is 9.10. The van der Waals surface area contributed by atoms with Crippen LogP contribution >= 0.6 is 38.9 Å². The maximum Gasteiger partial charge on any atom is 0.341 e. The first-order valence-electron chi connectivity index (χ1n) is 11.1. The number of esters is 1. The van der Waals surface area contributed by atoms with E-state index in [0.29, 0.717) is 46.9 Å². The number of aliphatic imine (C=N–C) groups is 1. The second kappa shape index (κ2) is 11.7. The van der Waals surface area contributed by atoms with Gasteiger partial charge in [0, 0.05) is 21.3 Å². The van der Waals surface area contributed by atoms with Crippen molar-refractivity contribution < 1.29 is 19.0 Å². The number of thiophene rings is 1. The molecule has 0 radical (unpaired) electrons. The summed E-state index contributed by atoms with van der Waals surface area (Å²) in [5.74, 6) is 0.809. The molecule has 0 bridgehead atoms. The largest absolute Gasteiger partial charge is 0.490 e. The SMILES string of the molecule is CCOC(=O)c1c(N=Cc2cc(Br)c(OCc3cccc(Cl)c3)c(OCC)c2)sc2ccccc12. The average Bonchev–Trinajstić information content (AvgIpc) is 3.21. The molecule has 1 heterocycles. The second-order valence-corrected chi connectivity index (χ2v) is 9.76. The van der Waals surface area contributed by atoms with Crippen molar-refractivity contribution in [2.45, 2.75) is 20.5 Å². The minimum Gasteiger partial charge on any atom is -0.490 e. The Morgan fingerprint density at radius 2 is 1.89 bits per heavy atom. The van der Waals surface area contributed by atoms with Gasteiger partial charge >= 0.3 is 5.97 Å². The number of ether oxygens (including phenoxy) is 3. The average molecular weight is 573 g/mol. The van der Waals surface area contributed by atoms with Crippen molar-refractivity contribution in [3.63, 3.8) is 0 Å². The number of hydrogen-bond acceptors (Lipinski definition) is 6. The van der Waals surface area contributed by atoms with E-state index in [-0.39, 0.29) is 5.97 Å². The smallest absolute Gasteiger partial charge is 0.341 e. The molecule has 0 saturated heterocycles. The second-order valence-electron chi connectivity index (χ2n) is 7.44. The van der Waals surface area contributed by atoms with Gasteiger partial charge in [0.15, 0.2) is 11.5 Å². The number of carbonyl (C=O) groups excluding carboxylic acids is 1. The van der Waals surface area contributed by atoms with E-state index in [2.05, 4.69) is 20.9 Å². The van der Waals surface area contributed by atoms with E-state index in [9.17, 15) is 4.79 Å². The third kappa shape index (κ3) is 6.04. The van der Waals surface area contributed by atoms with Crippen molar-refractivity contribution in [2.24, 2.45) is 4.99 Å². The molecule has 4 aromatic rings. The maximum absolute atomic E-state index is 12.7. The number of carbonyl (C=O) groups is 1. The van der Waals surface area contributed by atoms with E-state index in [0.717, 1.165) is 25.7 Å². The molecule has 0 aliphatic heterocycles. The van der Waals surface area contributed by atoms with Crippen molar-refractivity contribution in [3.8, 4) is 11.5 Å². The summed E-state index contributed by atoms with van der Waals surface area (Å²) in [6, 6.07) is 19.0. The summed E-state index contributed by atoms with van der Waals surface area (Å²) in [4.78, 5) is 17.3. The predicted octanol–water partition coefficient (Wildman–Crippen LogP) is 8.22. The molecule has 0 saturated carbocycles. The first-order chi connectivity index (χ1) is 17.0. The summed E-state index contributed by atoms with van der Waals surface area (Å²) in [5, 5.41) is 2.09. The first kappa shape index (κ1) is 25.2. The van der Waals surface area contributed by atoms with Gasteiger partial charge in [-0.3, -0.25) is 0 Å². The molecule has 0 aliphatic rings. The lowest BCUT2D eigenvalue weighted by atomic mass is 10.1. The molecular weight excluding hydrogens is 550 g/mol. The van der Waals surface area contributed by atoms with Gasteiger partial charge in [0.25, 0.3) is 0 Å². The van der Waals surface area contributed by atoms with Gasteiger partial charge < -0.3 is 14.2 Å². The number of benzene rings is 3. The van der Waals surface area contributed by atoms with E-state index < -0.39 is 0 Å². The molecule has 0 N–H and O–H groups in total. The Kier molecular flexibility index (Phi) is 8.44. The Morgan fingerprint density at radius 3 is 2.66 bits per heavy atom. The summed E-state index contributed by atoms with van der Waals surface area (Å²) < 4.78 is 18.9. The monoisotopic (exact) mass is 571 g/mol. The van der Waals surface area contributed by atoms with E-state index in [1.54, 1.807) is 13.1 Å². The molecule has 5 nitrogen and oxygen atoms in total. The highest BCUT2D eigenvalue weighted by atomic mass is 79.9. The van der Waals surface area contributed by atoms with Crippen LogP contribution in [-0.4, -0.2) is 25.4 Å². The van der Waals surface area contributed by atoms with Crippen LogP contribution in [0.4, 0.5) is 5.00 Å². The third-order valence-electron chi connectivity index (χ3n) is 4.99. The molecule has 0 fully saturated rings. The van der Waals surface area contributed by atoms with Crippen LogP contribution in [0.15, 0.2) is 70.1 Å². The number of hydrogen-bond donors (Lipinski definition) is 0. The zero-order chi connectivity index (χ0) is 24.8. The predicted molar refractivity (Wildman–Crippen MR) is 146 cm³/mol. The standard InChI is InChI=1S/C27H23BrClNO4S/c1-3-32-22-14-18(13-21(28)25(22)34-16-17-8-7-9-19(29)12-17)15-30-26-24(27(31)33-4-2)20-10-5-6-11-23(20)35-26/h5-15H,3-4,16H2,1-2H3. The van der Waals surface area contributed by atoms with Gasteiger partial charge in [0.05, 0.1) is 17.7 Å². The molecule has 35 heavy (non-hydrogen) atoms. The lowest BCUT2D eigenvalue weighted by Gasteiger charge is -2.15. The molecule has 0 spiro atoms. The van der Waals surface area contributed by atoms with E-state index in [1.807, 2.05) is 67.6 Å². The van der Waals surface area contributed by atoms with Crippen molar-refractivity contribution in [2.75, 3.05) is 13.2 Å². The molecule has 0 aliphatic carbocycles. The topological polar surface area (TPSA) is 57.1 Å². The molecule has 3 aromatic carbocycles. The zero-order valence-electron chi connectivity index (χ0n) is 19.2. The fourth-order valence-corrected chi connectivity index (χ4v) is 5.33. The van der Waals surface area contributed by atoms with Gasteiger partial charge in [-0.2, -0.15) is 0 Å². The molecule has 0 amide bonds. The zero-order valence-corrected chi connectivity index (χ0v) is 22.4. The minimum absolute atomic E-state index is 0.299.